The van der Waals surface area contributed by atoms with Gasteiger partial charge in [-0.2, -0.15) is 5.26 Å². The fraction of sp³-hybridized carbons (Fsp3) is 0.364. The Hall–Kier alpha value is -1.80. The van der Waals surface area contributed by atoms with E-state index in [1.54, 1.807) is 0 Å². The van der Waals surface area contributed by atoms with Gasteiger partial charge in [0.15, 0.2) is 0 Å². The highest BCUT2D eigenvalue weighted by Gasteiger charge is 2.23. The molecule has 0 aliphatic heterocycles. The van der Waals surface area contributed by atoms with Crippen molar-refractivity contribution in [3.8, 4) is 6.07 Å². The van der Waals surface area contributed by atoms with Crippen LogP contribution in [0.5, 0.6) is 0 Å². The van der Waals surface area contributed by atoms with Crippen LogP contribution in [0, 0.1) is 27.4 Å². The number of nitrogens with zero attached hydrogens (tertiary/aromatic N) is 2. The van der Waals surface area contributed by atoms with Crippen molar-refractivity contribution in [2.24, 2.45) is 5.92 Å². The van der Waals surface area contributed by atoms with E-state index >= 15 is 0 Å². The van der Waals surface area contributed by atoms with Gasteiger partial charge in [-0.1, -0.05) is 11.6 Å². The van der Waals surface area contributed by atoms with Gasteiger partial charge in [0.2, 0.25) is 0 Å². The number of benzene rings is 1. The number of anilines is 1. The van der Waals surface area contributed by atoms with Gasteiger partial charge in [-0.15, -0.1) is 0 Å². The van der Waals surface area contributed by atoms with E-state index in [0.717, 1.165) is 12.8 Å². The summed E-state index contributed by atoms with van der Waals surface area (Å²) in [5.74, 6) is 0.601. The number of rotatable bonds is 4. The molecular weight excluding hydrogens is 242 g/mol. The van der Waals surface area contributed by atoms with Gasteiger partial charge in [-0.3, -0.25) is 10.1 Å². The highest BCUT2D eigenvalue weighted by atomic mass is 35.5. The fourth-order valence-electron chi connectivity index (χ4n) is 1.52. The molecule has 0 radical (unpaired) electrons. The van der Waals surface area contributed by atoms with Crippen molar-refractivity contribution in [3.05, 3.63) is 32.8 Å². The van der Waals surface area contributed by atoms with Gasteiger partial charge < -0.3 is 5.32 Å². The van der Waals surface area contributed by atoms with Gasteiger partial charge in [0.1, 0.15) is 11.8 Å². The van der Waals surface area contributed by atoms with E-state index < -0.39 is 4.92 Å². The van der Waals surface area contributed by atoms with Crippen LogP contribution in [0.3, 0.4) is 0 Å². The highest BCUT2D eigenvalue weighted by molar-refractivity contribution is 6.32. The molecule has 5 nitrogen and oxygen atoms in total. The smallest absolute Gasteiger partial charge is 0.293 e. The van der Waals surface area contributed by atoms with E-state index in [1.807, 2.05) is 6.07 Å². The lowest BCUT2D eigenvalue weighted by Gasteiger charge is -2.07. The minimum absolute atomic E-state index is 0.105. The van der Waals surface area contributed by atoms with Crippen molar-refractivity contribution in [2.45, 2.75) is 12.8 Å². The Morgan fingerprint density at radius 1 is 1.59 bits per heavy atom. The summed E-state index contributed by atoms with van der Waals surface area (Å²) < 4.78 is 0. The lowest BCUT2D eigenvalue weighted by molar-refractivity contribution is -0.384. The summed E-state index contributed by atoms with van der Waals surface area (Å²) in [6, 6.07) is 4.48. The molecule has 17 heavy (non-hydrogen) atoms. The Morgan fingerprint density at radius 3 is 2.82 bits per heavy atom. The first-order valence-electron chi connectivity index (χ1n) is 5.23. The van der Waals surface area contributed by atoms with Crippen LogP contribution in [0.25, 0.3) is 0 Å². The molecule has 1 aromatic rings. The van der Waals surface area contributed by atoms with Crippen LogP contribution >= 0.6 is 11.6 Å². The average Bonchev–Trinajstić information content (AvgIpc) is 3.09. The van der Waals surface area contributed by atoms with E-state index in [0.29, 0.717) is 18.2 Å². The predicted molar refractivity (Wildman–Crippen MR) is 64.0 cm³/mol. The maximum absolute atomic E-state index is 10.9. The summed E-state index contributed by atoms with van der Waals surface area (Å²) in [6.07, 6.45) is 2.32. The Morgan fingerprint density at radius 2 is 2.29 bits per heavy atom. The first-order chi connectivity index (χ1) is 8.11. The van der Waals surface area contributed by atoms with Crippen LogP contribution in [0.2, 0.25) is 5.02 Å². The van der Waals surface area contributed by atoms with Crippen LogP contribution < -0.4 is 5.32 Å². The molecule has 1 aliphatic carbocycles. The molecule has 1 saturated carbocycles. The molecule has 0 saturated heterocycles. The normalized spacial score (nSPS) is 14.1. The molecule has 0 bridgehead atoms. The largest absolute Gasteiger partial charge is 0.379 e. The monoisotopic (exact) mass is 251 g/mol. The van der Waals surface area contributed by atoms with Crippen LogP contribution in [0.15, 0.2) is 12.1 Å². The van der Waals surface area contributed by atoms with E-state index in [1.165, 1.54) is 12.1 Å². The van der Waals surface area contributed by atoms with Crippen molar-refractivity contribution in [1.29, 1.82) is 5.26 Å². The average molecular weight is 252 g/mol. The quantitative estimate of drug-likeness (QED) is 0.659. The molecule has 0 amide bonds. The molecule has 1 fully saturated rings. The Bertz CT molecular complexity index is 506. The number of nitro groups is 1. The van der Waals surface area contributed by atoms with Gasteiger partial charge in [0.25, 0.3) is 5.69 Å². The Labute approximate surface area is 103 Å². The summed E-state index contributed by atoms with van der Waals surface area (Å²) in [5.41, 5.74) is 0.396. The summed E-state index contributed by atoms with van der Waals surface area (Å²) in [4.78, 5) is 10.4. The minimum atomic E-state index is -0.508. The molecule has 0 atom stereocenters. The molecule has 88 valence electrons. The molecule has 1 aromatic carbocycles. The van der Waals surface area contributed by atoms with Gasteiger partial charge in [-0.05, 0) is 24.8 Å². The number of hydrogen-bond donors (Lipinski definition) is 1. The second-order valence-corrected chi connectivity index (χ2v) is 4.45. The van der Waals surface area contributed by atoms with Crippen molar-refractivity contribution >= 4 is 23.0 Å². The van der Waals surface area contributed by atoms with Gasteiger partial charge in [0, 0.05) is 12.6 Å². The summed E-state index contributed by atoms with van der Waals surface area (Å²) in [7, 11) is 0. The number of nitro benzene ring substituents is 1. The summed E-state index contributed by atoms with van der Waals surface area (Å²) in [6.45, 7) is 0.711. The maximum Gasteiger partial charge on any atom is 0.293 e. The maximum atomic E-state index is 10.9. The molecule has 0 spiro atoms. The fourth-order valence-corrected chi connectivity index (χ4v) is 1.72. The second kappa shape index (κ2) is 4.60. The lowest BCUT2D eigenvalue weighted by Crippen LogP contribution is -2.06. The number of nitriles is 1. The second-order valence-electron chi connectivity index (χ2n) is 4.04. The zero-order valence-electron chi connectivity index (χ0n) is 8.94. The van der Waals surface area contributed by atoms with Gasteiger partial charge in [-0.25, -0.2) is 0 Å². The molecule has 1 N–H and O–H groups in total. The lowest BCUT2D eigenvalue weighted by atomic mass is 10.2. The topological polar surface area (TPSA) is 79.0 Å². The van der Waals surface area contributed by atoms with Crippen LogP contribution in [0.1, 0.15) is 18.4 Å². The van der Waals surface area contributed by atoms with Crippen molar-refractivity contribution < 1.29 is 4.92 Å². The van der Waals surface area contributed by atoms with E-state index in [-0.39, 0.29) is 16.3 Å². The zero-order valence-corrected chi connectivity index (χ0v) is 9.70. The van der Waals surface area contributed by atoms with Crippen LogP contribution in [0.4, 0.5) is 11.4 Å². The van der Waals surface area contributed by atoms with Crippen molar-refractivity contribution in [3.63, 3.8) is 0 Å². The molecule has 0 unspecified atom stereocenters. The third-order valence-corrected chi connectivity index (χ3v) is 2.99. The molecule has 2 rings (SSSR count). The zero-order chi connectivity index (χ0) is 12.4. The third kappa shape index (κ3) is 2.66. The number of hydrogen-bond acceptors (Lipinski definition) is 4. The molecular formula is C11H10ClN3O2. The van der Waals surface area contributed by atoms with Crippen LogP contribution in [-0.2, 0) is 0 Å². The van der Waals surface area contributed by atoms with E-state index in [2.05, 4.69) is 5.32 Å². The molecule has 0 aromatic heterocycles. The third-order valence-electron chi connectivity index (χ3n) is 2.68. The standard InChI is InChI=1S/C11H10ClN3O2/c12-9-4-10(14-6-7-1-2-7)11(15(16)17)3-8(9)5-13/h3-4,7,14H,1-2,6H2. The molecule has 0 heterocycles. The highest BCUT2D eigenvalue weighted by Crippen LogP contribution is 2.33. The predicted octanol–water partition coefficient (Wildman–Crippen LogP) is 2.94. The molecule has 6 heteroatoms. The first-order valence-corrected chi connectivity index (χ1v) is 5.61. The van der Waals surface area contributed by atoms with Gasteiger partial charge >= 0.3 is 0 Å². The van der Waals surface area contributed by atoms with E-state index in [4.69, 9.17) is 16.9 Å². The molecule has 1 aliphatic rings. The number of nitrogens with one attached hydrogen (secondary N) is 1. The SMILES string of the molecule is N#Cc1cc([N+](=O)[O-])c(NCC2CC2)cc1Cl. The first kappa shape index (κ1) is 11.7. The van der Waals surface area contributed by atoms with E-state index in [9.17, 15) is 10.1 Å². The van der Waals surface area contributed by atoms with Crippen LogP contribution in [-0.4, -0.2) is 11.5 Å². The van der Waals surface area contributed by atoms with Crippen molar-refractivity contribution in [1.82, 2.24) is 0 Å². The van der Waals surface area contributed by atoms with Gasteiger partial charge in [0.05, 0.1) is 15.5 Å². The van der Waals surface area contributed by atoms with Crippen molar-refractivity contribution in [2.75, 3.05) is 11.9 Å². The Balaban J connectivity index is 2.30. The number of halogens is 1. The summed E-state index contributed by atoms with van der Waals surface area (Å²) >= 11 is 5.85. The minimum Gasteiger partial charge on any atom is -0.379 e. The summed E-state index contributed by atoms with van der Waals surface area (Å²) in [5, 5.41) is 22.9. The Kier molecular flexibility index (Phi) is 3.16.